The molecule has 2 rings (SSSR count). The molecule has 2 nitrogen and oxygen atoms in total. The van der Waals surface area contributed by atoms with Crippen molar-refractivity contribution < 1.29 is 46.2 Å². The van der Waals surface area contributed by atoms with Gasteiger partial charge in [0.05, 0.1) is 6.54 Å². The van der Waals surface area contributed by atoms with Crippen LogP contribution in [0.15, 0.2) is 48.2 Å². The van der Waals surface area contributed by atoms with E-state index in [0.717, 1.165) is 11.1 Å². The van der Waals surface area contributed by atoms with Crippen molar-refractivity contribution >= 4 is 5.70 Å². The van der Waals surface area contributed by atoms with Crippen molar-refractivity contribution in [2.24, 2.45) is 0 Å². The van der Waals surface area contributed by atoms with E-state index < -0.39 is 13.0 Å². The molecule has 0 amide bonds. The Morgan fingerprint density at radius 3 is 2.57 bits per heavy atom. The van der Waals surface area contributed by atoms with Crippen molar-refractivity contribution in [3.8, 4) is 18.1 Å². The van der Waals surface area contributed by atoms with Crippen LogP contribution < -0.4 is 4.74 Å². The summed E-state index contributed by atoms with van der Waals surface area (Å²) in [6, 6.07) is 7.06. The standard InChI is InChI=1S/C18H16F2NO.Y/c1-4-11-22-16-8-6-15(7-9-16)17-10-5-13(2)14(3)21(17)12-18(19)20;/h1,5-9,18H,3,11-12H2,2H3;/q-1;. The third kappa shape index (κ3) is 5.02. The van der Waals surface area contributed by atoms with E-state index >= 15 is 0 Å². The van der Waals surface area contributed by atoms with Gasteiger partial charge in [0.15, 0.2) is 0 Å². The third-order valence-electron chi connectivity index (χ3n) is 3.25. The van der Waals surface area contributed by atoms with Crippen molar-refractivity contribution in [2.45, 2.75) is 13.3 Å². The predicted octanol–water partition coefficient (Wildman–Crippen LogP) is 3.88. The van der Waals surface area contributed by atoms with E-state index in [1.54, 1.807) is 30.3 Å². The molecule has 0 atom stereocenters. The molecule has 1 radical (unpaired) electrons. The Balaban J connectivity index is 0.00000264. The van der Waals surface area contributed by atoms with Crippen molar-refractivity contribution in [3.05, 3.63) is 59.8 Å². The van der Waals surface area contributed by atoms with Crippen LogP contribution in [0.5, 0.6) is 5.75 Å². The van der Waals surface area contributed by atoms with E-state index in [9.17, 15) is 8.78 Å². The van der Waals surface area contributed by atoms with E-state index in [2.05, 4.69) is 18.6 Å². The summed E-state index contributed by atoms with van der Waals surface area (Å²) in [6.07, 6.45) is 7.47. The van der Waals surface area contributed by atoms with Gasteiger partial charge in [-0.25, -0.2) is 8.78 Å². The average molecular weight is 389 g/mol. The number of hydrogen-bond donors (Lipinski definition) is 0. The molecule has 0 bridgehead atoms. The monoisotopic (exact) mass is 389 g/mol. The Labute approximate surface area is 160 Å². The largest absolute Gasteiger partial charge is 0.481 e. The van der Waals surface area contributed by atoms with Crippen molar-refractivity contribution in [3.63, 3.8) is 0 Å². The zero-order valence-corrected chi connectivity index (χ0v) is 15.7. The Morgan fingerprint density at radius 1 is 1.35 bits per heavy atom. The van der Waals surface area contributed by atoms with Gasteiger partial charge in [-0.2, -0.15) is 12.2 Å². The van der Waals surface area contributed by atoms with E-state index in [1.807, 2.05) is 6.92 Å². The Morgan fingerprint density at radius 2 is 2.00 bits per heavy atom. The van der Waals surface area contributed by atoms with Gasteiger partial charge in [0.2, 0.25) is 0 Å². The Kier molecular flexibility index (Phi) is 7.68. The van der Waals surface area contributed by atoms with Crippen LogP contribution in [0.1, 0.15) is 12.5 Å². The zero-order valence-electron chi connectivity index (χ0n) is 12.9. The molecular weight excluding hydrogens is 373 g/mol. The molecule has 1 heterocycles. The van der Waals surface area contributed by atoms with E-state index in [0.29, 0.717) is 17.1 Å². The van der Waals surface area contributed by atoms with Crippen LogP contribution in [0.25, 0.3) is 5.70 Å². The molecule has 5 heteroatoms. The summed E-state index contributed by atoms with van der Waals surface area (Å²) in [5.74, 6) is 3.01. The number of ether oxygens (including phenoxy) is 1. The first-order valence-electron chi connectivity index (χ1n) is 6.75. The van der Waals surface area contributed by atoms with Crippen molar-refractivity contribution in [2.75, 3.05) is 13.2 Å². The van der Waals surface area contributed by atoms with E-state index in [4.69, 9.17) is 11.2 Å². The molecule has 0 unspecified atom stereocenters. The minimum absolute atomic E-state index is 0. The summed E-state index contributed by atoms with van der Waals surface area (Å²) in [5, 5.41) is 0. The molecule has 0 saturated carbocycles. The molecule has 1 aliphatic rings. The second kappa shape index (κ2) is 9.01. The summed E-state index contributed by atoms with van der Waals surface area (Å²) < 4.78 is 31.0. The quantitative estimate of drug-likeness (QED) is 0.560. The number of nitrogens with zero attached hydrogens (tertiary/aromatic N) is 1. The molecular formula is C18H16F2NOY-. The smallest absolute Gasteiger partial charge is 0.256 e. The Hall–Kier alpha value is -1.44. The zero-order chi connectivity index (χ0) is 16.1. The predicted molar refractivity (Wildman–Crippen MR) is 83.0 cm³/mol. The number of halogens is 2. The van der Waals surface area contributed by atoms with Gasteiger partial charge >= 0.3 is 0 Å². The van der Waals surface area contributed by atoms with Crippen LogP contribution in [-0.4, -0.2) is 24.5 Å². The average Bonchev–Trinajstić information content (AvgIpc) is 2.50. The topological polar surface area (TPSA) is 12.5 Å². The number of terminal acetylenes is 1. The third-order valence-corrected chi connectivity index (χ3v) is 3.25. The van der Waals surface area contributed by atoms with Gasteiger partial charge in [-0.3, -0.25) is 0 Å². The van der Waals surface area contributed by atoms with Crippen molar-refractivity contribution in [1.29, 1.82) is 0 Å². The minimum Gasteiger partial charge on any atom is -0.481 e. The molecule has 0 aliphatic carbocycles. The number of rotatable bonds is 5. The van der Waals surface area contributed by atoms with Crippen LogP contribution in [0.3, 0.4) is 0 Å². The summed E-state index contributed by atoms with van der Waals surface area (Å²) >= 11 is 0. The molecule has 0 fully saturated rings. The van der Waals surface area contributed by atoms with Gasteiger partial charge in [0.1, 0.15) is 12.4 Å². The first kappa shape index (κ1) is 19.6. The molecule has 0 N–H and O–H groups in total. The van der Waals surface area contributed by atoms with Gasteiger partial charge in [0.25, 0.3) is 6.43 Å². The summed E-state index contributed by atoms with van der Waals surface area (Å²) in [7, 11) is 0. The van der Waals surface area contributed by atoms with Crippen LogP contribution in [0.2, 0.25) is 0 Å². The number of hydrogen-bond acceptors (Lipinski definition) is 2. The maximum absolute atomic E-state index is 12.8. The van der Waals surface area contributed by atoms with Gasteiger partial charge in [-0.1, -0.05) is 30.7 Å². The summed E-state index contributed by atoms with van der Waals surface area (Å²) in [6.45, 7) is 5.47. The number of allylic oxidation sites excluding steroid dienone is 3. The molecule has 1 aromatic rings. The Bertz CT molecular complexity index is 657. The second-order valence-corrected chi connectivity index (χ2v) is 4.79. The van der Waals surface area contributed by atoms with Crippen LogP contribution in [-0.2, 0) is 32.7 Å². The van der Waals surface area contributed by atoms with Gasteiger partial charge < -0.3 is 9.64 Å². The van der Waals surface area contributed by atoms with Gasteiger partial charge in [-0.15, -0.1) is 24.1 Å². The molecule has 0 saturated heterocycles. The fourth-order valence-corrected chi connectivity index (χ4v) is 2.10. The number of benzene rings is 1. The fraction of sp³-hybridized carbons (Fsp3) is 0.222. The number of alkyl halides is 2. The normalized spacial score (nSPS) is 13.9. The van der Waals surface area contributed by atoms with E-state index in [1.165, 1.54) is 4.90 Å². The molecule has 1 aliphatic heterocycles. The maximum Gasteiger partial charge on any atom is 0.256 e. The molecule has 117 valence electrons. The molecule has 1 aromatic carbocycles. The first-order chi connectivity index (χ1) is 10.5. The molecule has 0 aromatic heterocycles. The van der Waals surface area contributed by atoms with Gasteiger partial charge in [0, 0.05) is 32.7 Å². The molecule has 23 heavy (non-hydrogen) atoms. The SMILES string of the molecule is C#CCOc1ccc(C2=[C-]C=C(C)C(=C)N2CC(F)F)cc1.[Y]. The van der Waals surface area contributed by atoms with Crippen LogP contribution in [0.4, 0.5) is 8.78 Å². The maximum atomic E-state index is 12.8. The minimum atomic E-state index is -2.46. The van der Waals surface area contributed by atoms with Crippen LogP contribution >= 0.6 is 0 Å². The second-order valence-electron chi connectivity index (χ2n) is 4.79. The van der Waals surface area contributed by atoms with Crippen molar-refractivity contribution in [1.82, 2.24) is 4.90 Å². The fourth-order valence-electron chi connectivity index (χ4n) is 2.10. The van der Waals surface area contributed by atoms with Gasteiger partial charge in [-0.05, 0) is 17.8 Å². The molecule has 0 spiro atoms. The van der Waals surface area contributed by atoms with E-state index in [-0.39, 0.29) is 39.3 Å². The summed E-state index contributed by atoms with van der Waals surface area (Å²) in [5.41, 5.74) is 2.71. The van der Waals surface area contributed by atoms with Crippen LogP contribution in [0, 0.1) is 18.4 Å². The summed E-state index contributed by atoms with van der Waals surface area (Å²) in [4.78, 5) is 1.48. The first-order valence-corrected chi connectivity index (χ1v) is 6.75.